The minimum Gasteiger partial charge on any atom is -0.0730 e. The Labute approximate surface area is 167 Å². The number of hydrogen-bond acceptors (Lipinski definition) is 0. The fraction of sp³-hybridized carbons (Fsp3) is 0.630. The molecule has 2 aliphatic carbocycles. The first-order valence-electron chi connectivity index (χ1n) is 11.5. The van der Waals surface area contributed by atoms with E-state index in [0.717, 1.165) is 29.2 Å². The summed E-state index contributed by atoms with van der Waals surface area (Å²) >= 11 is 0. The number of allylic oxidation sites excluding steroid dienone is 2. The Hall–Kier alpha value is -1.48. The van der Waals surface area contributed by atoms with Gasteiger partial charge in [0.1, 0.15) is 0 Å². The summed E-state index contributed by atoms with van der Waals surface area (Å²) in [5.74, 6) is 10.0. The first-order chi connectivity index (χ1) is 13.2. The van der Waals surface area contributed by atoms with Crippen LogP contribution in [-0.2, 0) is 0 Å². The van der Waals surface area contributed by atoms with Crippen LogP contribution in [0.3, 0.4) is 0 Å². The Morgan fingerprint density at radius 1 is 0.926 bits per heavy atom. The molecule has 0 amide bonds. The summed E-state index contributed by atoms with van der Waals surface area (Å²) in [7, 11) is 0. The molecule has 0 nitrogen and oxygen atoms in total. The van der Waals surface area contributed by atoms with Gasteiger partial charge in [-0.15, -0.1) is 0 Å². The lowest BCUT2D eigenvalue weighted by molar-refractivity contribution is 0.304. The summed E-state index contributed by atoms with van der Waals surface area (Å²) in [6, 6.07) is 9.10. The van der Waals surface area contributed by atoms with Crippen LogP contribution >= 0.6 is 0 Å². The van der Waals surface area contributed by atoms with Crippen molar-refractivity contribution in [1.29, 1.82) is 0 Å². The van der Waals surface area contributed by atoms with Gasteiger partial charge >= 0.3 is 0 Å². The molecule has 0 N–H and O–H groups in total. The molecule has 0 heteroatoms. The molecule has 3 rings (SSSR count). The van der Waals surface area contributed by atoms with Crippen molar-refractivity contribution in [3.63, 3.8) is 0 Å². The molecule has 0 aliphatic heterocycles. The lowest BCUT2D eigenvalue weighted by Gasteiger charge is -2.28. The molecular formula is C27H38. The second-order valence-electron chi connectivity index (χ2n) is 9.13. The van der Waals surface area contributed by atoms with Crippen molar-refractivity contribution in [3.05, 3.63) is 47.5 Å². The number of rotatable bonds is 5. The topological polar surface area (TPSA) is 0 Å². The minimum absolute atomic E-state index is 0.755. The van der Waals surface area contributed by atoms with Crippen LogP contribution in [0.5, 0.6) is 0 Å². The van der Waals surface area contributed by atoms with Gasteiger partial charge in [-0.1, -0.05) is 76.0 Å². The van der Waals surface area contributed by atoms with Gasteiger partial charge in [-0.2, -0.15) is 0 Å². The summed E-state index contributed by atoms with van der Waals surface area (Å²) in [6.07, 6.45) is 19.7. The SMILES string of the molecule is CCCC[C@H]1CC[C@H](c2ccc(C#C/C=C/[C@H]3CC[C@H](C)CC3)cc2)CC1. The molecule has 2 saturated carbocycles. The van der Waals surface area contributed by atoms with Crippen molar-refractivity contribution in [2.24, 2.45) is 17.8 Å². The molecule has 2 fully saturated rings. The van der Waals surface area contributed by atoms with Crippen LogP contribution in [0.15, 0.2) is 36.4 Å². The van der Waals surface area contributed by atoms with E-state index in [-0.39, 0.29) is 0 Å². The fourth-order valence-corrected chi connectivity index (χ4v) is 4.90. The van der Waals surface area contributed by atoms with Crippen LogP contribution < -0.4 is 0 Å². The Morgan fingerprint density at radius 3 is 2.30 bits per heavy atom. The van der Waals surface area contributed by atoms with E-state index in [1.165, 1.54) is 76.2 Å². The highest BCUT2D eigenvalue weighted by atomic mass is 14.3. The molecule has 1 aromatic rings. The van der Waals surface area contributed by atoms with E-state index < -0.39 is 0 Å². The van der Waals surface area contributed by atoms with Crippen molar-refractivity contribution < 1.29 is 0 Å². The van der Waals surface area contributed by atoms with Crippen LogP contribution in [0, 0.1) is 29.6 Å². The highest BCUT2D eigenvalue weighted by Gasteiger charge is 2.21. The second-order valence-corrected chi connectivity index (χ2v) is 9.13. The number of benzene rings is 1. The van der Waals surface area contributed by atoms with Gasteiger partial charge in [-0.3, -0.25) is 0 Å². The molecule has 2 aliphatic rings. The van der Waals surface area contributed by atoms with Gasteiger partial charge in [0, 0.05) is 5.56 Å². The maximum Gasteiger partial charge on any atom is 0.0249 e. The molecule has 27 heavy (non-hydrogen) atoms. The Bertz CT molecular complexity index is 623. The molecule has 0 spiro atoms. The van der Waals surface area contributed by atoms with Crippen molar-refractivity contribution in [2.45, 2.75) is 90.4 Å². The summed E-state index contributed by atoms with van der Waals surface area (Å²) in [5.41, 5.74) is 2.68. The van der Waals surface area contributed by atoms with Gasteiger partial charge in [-0.25, -0.2) is 0 Å². The van der Waals surface area contributed by atoms with Gasteiger partial charge < -0.3 is 0 Å². The molecule has 0 aromatic heterocycles. The number of hydrogen-bond donors (Lipinski definition) is 0. The zero-order valence-corrected chi connectivity index (χ0v) is 17.6. The third kappa shape index (κ3) is 6.57. The third-order valence-electron chi connectivity index (χ3n) is 6.92. The summed E-state index contributed by atoms with van der Waals surface area (Å²) in [5, 5.41) is 0. The third-order valence-corrected chi connectivity index (χ3v) is 6.92. The molecule has 1 aromatic carbocycles. The van der Waals surface area contributed by atoms with Gasteiger partial charge in [0.25, 0.3) is 0 Å². The quantitative estimate of drug-likeness (QED) is 0.467. The minimum atomic E-state index is 0.755. The first-order valence-corrected chi connectivity index (χ1v) is 11.5. The van der Waals surface area contributed by atoms with Crippen LogP contribution in [0.1, 0.15) is 102 Å². The lowest BCUT2D eigenvalue weighted by Crippen LogP contribution is -2.13. The largest absolute Gasteiger partial charge is 0.0730 e. The smallest absolute Gasteiger partial charge is 0.0249 e. The van der Waals surface area contributed by atoms with E-state index in [1.807, 2.05) is 0 Å². The number of unbranched alkanes of at least 4 members (excludes halogenated alkanes) is 1. The van der Waals surface area contributed by atoms with Crippen LogP contribution in [0.2, 0.25) is 0 Å². The van der Waals surface area contributed by atoms with E-state index in [0.29, 0.717) is 0 Å². The van der Waals surface area contributed by atoms with Gasteiger partial charge in [0.05, 0.1) is 0 Å². The highest BCUT2D eigenvalue weighted by molar-refractivity contribution is 5.39. The van der Waals surface area contributed by atoms with Crippen LogP contribution in [0.4, 0.5) is 0 Å². The van der Waals surface area contributed by atoms with Crippen LogP contribution in [-0.4, -0.2) is 0 Å². The van der Waals surface area contributed by atoms with Gasteiger partial charge in [0.15, 0.2) is 0 Å². The molecule has 146 valence electrons. The molecule has 0 atom stereocenters. The summed E-state index contributed by atoms with van der Waals surface area (Å²) in [4.78, 5) is 0. The average Bonchev–Trinajstić information content (AvgIpc) is 2.72. The summed E-state index contributed by atoms with van der Waals surface area (Å²) < 4.78 is 0. The molecule has 0 radical (unpaired) electrons. The molecular weight excluding hydrogens is 324 g/mol. The Kier molecular flexibility index (Phi) is 8.07. The highest BCUT2D eigenvalue weighted by Crippen LogP contribution is 2.37. The fourth-order valence-electron chi connectivity index (χ4n) is 4.90. The Balaban J connectivity index is 1.45. The molecule has 0 heterocycles. The molecule has 0 saturated heterocycles. The second kappa shape index (κ2) is 10.8. The monoisotopic (exact) mass is 362 g/mol. The van der Waals surface area contributed by atoms with E-state index in [9.17, 15) is 0 Å². The standard InChI is InChI=1S/C27H38/c1-3-4-7-23-14-18-26(19-15-23)27-20-16-25(17-21-27)9-6-5-8-24-12-10-22(2)11-13-24/h5,8,16-17,20-24,26H,3-4,7,10-15,18-19H2,1-2H3/b8-5+/t22-,23-,24-,26-. The van der Waals surface area contributed by atoms with E-state index in [4.69, 9.17) is 0 Å². The summed E-state index contributed by atoms with van der Waals surface area (Å²) in [6.45, 7) is 4.68. The predicted molar refractivity (Wildman–Crippen MR) is 118 cm³/mol. The molecule has 0 bridgehead atoms. The van der Waals surface area contributed by atoms with Gasteiger partial charge in [-0.05, 0) is 86.0 Å². The van der Waals surface area contributed by atoms with E-state index >= 15 is 0 Å². The van der Waals surface area contributed by atoms with Crippen molar-refractivity contribution in [3.8, 4) is 11.8 Å². The predicted octanol–water partition coefficient (Wildman–Crippen LogP) is 7.88. The zero-order valence-electron chi connectivity index (χ0n) is 17.6. The van der Waals surface area contributed by atoms with Crippen molar-refractivity contribution in [1.82, 2.24) is 0 Å². The zero-order chi connectivity index (χ0) is 18.9. The maximum atomic E-state index is 3.32. The Morgan fingerprint density at radius 2 is 1.63 bits per heavy atom. The van der Waals surface area contributed by atoms with Crippen molar-refractivity contribution in [2.75, 3.05) is 0 Å². The average molecular weight is 363 g/mol. The van der Waals surface area contributed by atoms with E-state index in [1.54, 1.807) is 0 Å². The normalized spacial score (nSPS) is 28.7. The van der Waals surface area contributed by atoms with Crippen LogP contribution in [0.25, 0.3) is 0 Å². The molecule has 0 unspecified atom stereocenters. The maximum absolute atomic E-state index is 3.32. The van der Waals surface area contributed by atoms with Gasteiger partial charge in [0.2, 0.25) is 0 Å². The van der Waals surface area contributed by atoms with Crippen molar-refractivity contribution >= 4 is 0 Å². The lowest BCUT2D eigenvalue weighted by atomic mass is 9.77. The van der Waals surface area contributed by atoms with E-state index in [2.05, 4.69) is 62.1 Å². The first kappa shape index (κ1) is 20.3.